The van der Waals surface area contributed by atoms with Crippen LogP contribution in [-0.2, 0) is 26.2 Å². The summed E-state index contributed by atoms with van der Waals surface area (Å²) in [6.07, 6.45) is 4.95. The largest absolute Gasteiger partial charge is 4.00 e. The Morgan fingerprint density at radius 1 is 0.706 bits per heavy atom. The van der Waals surface area contributed by atoms with Crippen molar-refractivity contribution in [2.45, 2.75) is 77.9 Å². The van der Waals surface area contributed by atoms with E-state index in [1.165, 1.54) is 31.2 Å². The molecule has 0 radical (unpaired) electrons. The maximum absolute atomic E-state index is 2.64. The molecule has 0 aliphatic heterocycles. The molecule has 0 saturated carbocycles. The van der Waals surface area contributed by atoms with Gasteiger partial charge < -0.3 is 29.7 Å². The zero-order valence-electron chi connectivity index (χ0n) is 23.6. The molecule has 0 spiro atoms. The van der Waals surface area contributed by atoms with Crippen LogP contribution < -0.4 is 0 Å². The van der Waals surface area contributed by atoms with E-state index in [1.54, 1.807) is 38.6 Å². The van der Waals surface area contributed by atoms with E-state index in [1.807, 2.05) is 0 Å². The van der Waals surface area contributed by atoms with Gasteiger partial charge in [-0.25, -0.2) is 0 Å². The molecule has 0 amide bonds. The fraction of sp³-hybridized carbons (Fsp3) is 0.375. The number of benzene rings is 2. The smallest absolute Gasteiger partial charge is 0.358 e. The monoisotopic (exact) mass is 550 g/mol. The predicted octanol–water partition coefficient (Wildman–Crippen LogP) is 10.3. The van der Waals surface area contributed by atoms with Gasteiger partial charge in [0.1, 0.15) is 0 Å². The molecular formula is C32H48SiZr. The van der Waals surface area contributed by atoms with E-state index in [2.05, 4.69) is 89.3 Å². The van der Waals surface area contributed by atoms with Gasteiger partial charge in [-0.3, -0.25) is 0 Å². The van der Waals surface area contributed by atoms with Gasteiger partial charge in [0, 0.05) is 11.5 Å². The normalized spacial score (nSPS) is 17.9. The number of allylic oxidation sites excluding steroid dienone is 3. The third kappa shape index (κ3) is 5.54. The average molecular weight is 552 g/mol. The summed E-state index contributed by atoms with van der Waals surface area (Å²) in [4.78, 5) is 0. The molecule has 34 heavy (non-hydrogen) atoms. The zero-order chi connectivity index (χ0) is 20.8. The second-order valence-electron chi connectivity index (χ2n) is 9.64. The third-order valence-corrected chi connectivity index (χ3v) is 11.6. The van der Waals surface area contributed by atoms with Gasteiger partial charge in [0.25, 0.3) is 0 Å². The van der Waals surface area contributed by atoms with Gasteiger partial charge >= 0.3 is 26.2 Å². The maximum Gasteiger partial charge on any atom is 4.00 e. The van der Waals surface area contributed by atoms with E-state index >= 15 is 0 Å². The van der Waals surface area contributed by atoms with E-state index in [9.17, 15) is 0 Å². The van der Waals surface area contributed by atoms with Crippen molar-refractivity contribution in [2.75, 3.05) is 0 Å². The van der Waals surface area contributed by atoms with Crippen molar-refractivity contribution in [3.05, 3.63) is 112 Å². The van der Waals surface area contributed by atoms with Crippen molar-refractivity contribution >= 4 is 18.8 Å². The molecule has 0 bridgehead atoms. The summed E-state index contributed by atoms with van der Waals surface area (Å²) in [7, 11) is -1.79. The molecule has 0 heterocycles. The molecule has 2 aliphatic carbocycles. The second-order valence-corrected chi connectivity index (χ2v) is 14.2. The van der Waals surface area contributed by atoms with Crippen LogP contribution in [0.1, 0.15) is 87.1 Å². The van der Waals surface area contributed by atoms with Crippen LogP contribution in [0.3, 0.4) is 0 Å². The molecule has 2 atom stereocenters. The number of hydrogen-bond donors (Lipinski definition) is 0. The summed E-state index contributed by atoms with van der Waals surface area (Å²) in [5.74, 6) is 0.619. The molecule has 2 aromatic carbocycles. The van der Waals surface area contributed by atoms with Gasteiger partial charge in [-0.15, -0.1) is 0 Å². The van der Waals surface area contributed by atoms with Crippen LogP contribution in [0, 0.1) is 29.7 Å². The van der Waals surface area contributed by atoms with Crippen molar-refractivity contribution in [1.29, 1.82) is 0 Å². The van der Waals surface area contributed by atoms with Crippen molar-refractivity contribution in [1.82, 2.24) is 0 Å². The number of rotatable bonds is 6. The van der Waals surface area contributed by atoms with Crippen molar-refractivity contribution in [2.24, 2.45) is 0 Å². The minimum atomic E-state index is -1.79. The van der Waals surface area contributed by atoms with Gasteiger partial charge in [0.2, 0.25) is 0 Å². The van der Waals surface area contributed by atoms with E-state index in [0.717, 1.165) is 0 Å². The van der Waals surface area contributed by atoms with Crippen LogP contribution in [0.25, 0.3) is 10.8 Å². The Morgan fingerprint density at radius 3 is 1.79 bits per heavy atom. The third-order valence-electron chi connectivity index (χ3n) is 7.47. The predicted molar refractivity (Wildman–Crippen MR) is 157 cm³/mol. The average Bonchev–Trinajstić information content (AvgIpc) is 3.15. The first-order chi connectivity index (χ1) is 13.9. The Balaban J connectivity index is 0. The van der Waals surface area contributed by atoms with Crippen LogP contribution in [0.5, 0.6) is 0 Å². The van der Waals surface area contributed by atoms with Crippen LogP contribution in [-0.4, -0.2) is 8.07 Å². The fourth-order valence-corrected chi connectivity index (χ4v) is 11.2. The molecule has 2 heteroatoms. The first kappa shape index (κ1) is 35.2. The van der Waals surface area contributed by atoms with Gasteiger partial charge in [0.15, 0.2) is 0 Å². The van der Waals surface area contributed by atoms with Gasteiger partial charge in [-0.2, -0.15) is 0 Å². The van der Waals surface area contributed by atoms with E-state index in [0.29, 0.717) is 11.5 Å². The molecule has 2 aromatic rings. The topological polar surface area (TPSA) is 0 Å². The molecule has 2 unspecified atom stereocenters. The molecule has 4 rings (SSSR count). The summed E-state index contributed by atoms with van der Waals surface area (Å²) in [5, 5.41) is 1.74. The molecule has 0 nitrogen and oxygen atoms in total. The molecule has 0 saturated heterocycles. The minimum absolute atomic E-state index is 0. The minimum Gasteiger partial charge on any atom is -0.358 e. The molecule has 2 aliphatic rings. The second kappa shape index (κ2) is 13.9. The quantitative estimate of drug-likeness (QED) is 0.247. The van der Waals surface area contributed by atoms with Crippen molar-refractivity contribution < 1.29 is 26.2 Å². The molecule has 0 N–H and O–H groups in total. The Kier molecular flexibility index (Phi) is 14.4. The Morgan fingerprint density at radius 2 is 1.24 bits per heavy atom. The van der Waals surface area contributed by atoms with Crippen LogP contribution in [0.2, 0.25) is 13.1 Å². The van der Waals surface area contributed by atoms with E-state index in [-0.39, 0.29) is 55.9 Å². The van der Waals surface area contributed by atoms with Crippen LogP contribution in [0.15, 0.2) is 59.7 Å². The Labute approximate surface area is 233 Å². The number of fused-ring (bicyclic) bond motifs is 2. The summed E-state index contributed by atoms with van der Waals surface area (Å²) in [6.45, 7) is 14.8. The Bertz CT molecular complexity index is 996. The van der Waals surface area contributed by atoms with Crippen molar-refractivity contribution in [3.8, 4) is 0 Å². The molecular weight excluding hydrogens is 504 g/mol. The summed E-state index contributed by atoms with van der Waals surface area (Å²) >= 11 is 0. The maximum atomic E-state index is 2.64. The van der Waals surface area contributed by atoms with Crippen LogP contribution in [0.4, 0.5) is 0 Å². The van der Waals surface area contributed by atoms with E-state index in [4.69, 9.17) is 0 Å². The Hall–Kier alpha value is -0.980. The standard InChI is InChI=1S/C28H36Si.4CH3.Zr/c1-7-13-21-19(3)27(25-17-11-9-15-23(21)25)29(5,6)28-20(4)22(14-8-2)24-16-10-12-18-26(24)28;;;;;/h9-12,15-18,21,28H,7-8,13-14H2,1-6H3;4*1H3;/q;4*-1;+4. The first-order valence-corrected chi connectivity index (χ1v) is 14.6. The van der Waals surface area contributed by atoms with Crippen molar-refractivity contribution in [3.63, 3.8) is 0 Å². The van der Waals surface area contributed by atoms with Gasteiger partial charge in [0.05, 0.1) is 8.07 Å². The van der Waals surface area contributed by atoms with Crippen LogP contribution >= 0.6 is 0 Å². The summed E-state index contributed by atoms with van der Waals surface area (Å²) < 4.78 is 0. The molecule has 184 valence electrons. The number of hydrogen-bond acceptors (Lipinski definition) is 0. The molecule has 0 fully saturated rings. The van der Waals surface area contributed by atoms with E-state index < -0.39 is 8.07 Å². The SMILES string of the molecule is CCCC1=C(C)C([Si](C)(C)C2=C(C)C(CCC)c3ccccc32)c2ccccc21.[CH3-].[CH3-].[CH3-].[CH3-].[Zr+4]. The summed E-state index contributed by atoms with van der Waals surface area (Å²) in [5.41, 5.74) is 11.8. The fourth-order valence-electron chi connectivity index (χ4n) is 6.46. The summed E-state index contributed by atoms with van der Waals surface area (Å²) in [6, 6.07) is 18.6. The van der Waals surface area contributed by atoms with Gasteiger partial charge in [-0.1, -0.05) is 105 Å². The first-order valence-electron chi connectivity index (χ1n) is 11.5. The molecule has 0 aromatic heterocycles. The zero-order valence-corrected chi connectivity index (χ0v) is 27.1. The van der Waals surface area contributed by atoms with Gasteiger partial charge in [-0.05, 0) is 54.5 Å².